The zero-order valence-electron chi connectivity index (χ0n) is 12.5. The smallest absolute Gasteiger partial charge is 0.256 e. The zero-order valence-corrected chi connectivity index (χ0v) is 12.5. The summed E-state index contributed by atoms with van der Waals surface area (Å²) in [6.45, 7) is 2.53. The summed E-state index contributed by atoms with van der Waals surface area (Å²) in [6.07, 6.45) is 4.86. The maximum atomic E-state index is 12.6. The van der Waals surface area contributed by atoms with Gasteiger partial charge in [-0.1, -0.05) is 0 Å². The molecule has 116 valence electrons. The van der Waals surface area contributed by atoms with Crippen LogP contribution in [0.3, 0.4) is 0 Å². The SMILES string of the molecule is N#Cc1cc(N2CCC[C@@](O)(C(=O)N3CCCC3)C2)ccn1. The highest BCUT2D eigenvalue weighted by Gasteiger charge is 2.43. The Hall–Kier alpha value is -2.13. The number of pyridine rings is 1. The van der Waals surface area contributed by atoms with Gasteiger partial charge in [-0.15, -0.1) is 0 Å². The van der Waals surface area contributed by atoms with Crippen molar-refractivity contribution in [3.63, 3.8) is 0 Å². The van der Waals surface area contributed by atoms with E-state index in [4.69, 9.17) is 5.26 Å². The van der Waals surface area contributed by atoms with Crippen molar-refractivity contribution >= 4 is 11.6 Å². The average Bonchev–Trinajstić information content (AvgIpc) is 3.08. The fraction of sp³-hybridized carbons (Fsp3) is 0.562. The van der Waals surface area contributed by atoms with E-state index in [9.17, 15) is 9.90 Å². The lowest BCUT2D eigenvalue weighted by Crippen LogP contribution is -2.57. The third-order valence-electron chi connectivity index (χ3n) is 4.49. The van der Waals surface area contributed by atoms with Crippen LogP contribution in [0.1, 0.15) is 31.4 Å². The van der Waals surface area contributed by atoms with Crippen molar-refractivity contribution in [3.8, 4) is 6.07 Å². The van der Waals surface area contributed by atoms with Crippen molar-refractivity contribution < 1.29 is 9.90 Å². The number of hydrogen-bond donors (Lipinski definition) is 1. The summed E-state index contributed by atoms with van der Waals surface area (Å²) in [7, 11) is 0. The molecule has 6 heteroatoms. The van der Waals surface area contributed by atoms with Crippen LogP contribution >= 0.6 is 0 Å². The number of aromatic nitrogens is 1. The largest absolute Gasteiger partial charge is 0.378 e. The van der Waals surface area contributed by atoms with Crippen LogP contribution in [0, 0.1) is 11.3 Å². The Labute approximate surface area is 130 Å². The van der Waals surface area contributed by atoms with E-state index in [0.717, 1.165) is 44.6 Å². The van der Waals surface area contributed by atoms with Gasteiger partial charge in [-0.25, -0.2) is 4.98 Å². The normalized spacial score (nSPS) is 25.1. The summed E-state index contributed by atoms with van der Waals surface area (Å²) in [5.74, 6) is -0.149. The number of amides is 1. The van der Waals surface area contributed by atoms with Crippen LogP contribution in [0.25, 0.3) is 0 Å². The monoisotopic (exact) mass is 300 g/mol. The van der Waals surface area contributed by atoms with Gasteiger partial charge in [0.05, 0.1) is 6.54 Å². The van der Waals surface area contributed by atoms with E-state index in [-0.39, 0.29) is 12.5 Å². The molecule has 0 unspecified atom stereocenters. The highest BCUT2D eigenvalue weighted by Crippen LogP contribution is 2.28. The third-order valence-corrected chi connectivity index (χ3v) is 4.49. The molecule has 2 saturated heterocycles. The Balaban J connectivity index is 1.78. The number of likely N-dealkylation sites (tertiary alicyclic amines) is 1. The topological polar surface area (TPSA) is 80.5 Å². The maximum Gasteiger partial charge on any atom is 0.256 e. The summed E-state index contributed by atoms with van der Waals surface area (Å²) < 4.78 is 0. The van der Waals surface area contributed by atoms with Crippen molar-refractivity contribution in [1.82, 2.24) is 9.88 Å². The van der Waals surface area contributed by atoms with E-state index in [1.54, 1.807) is 17.2 Å². The van der Waals surface area contributed by atoms with Gasteiger partial charge in [-0.3, -0.25) is 4.79 Å². The van der Waals surface area contributed by atoms with Crippen LogP contribution in [0.5, 0.6) is 0 Å². The minimum atomic E-state index is -1.32. The Morgan fingerprint density at radius 3 is 2.82 bits per heavy atom. The highest BCUT2D eigenvalue weighted by molar-refractivity contribution is 5.86. The number of nitrogens with zero attached hydrogens (tertiary/aromatic N) is 4. The molecule has 1 atom stereocenters. The second kappa shape index (κ2) is 5.93. The molecule has 1 aromatic rings. The van der Waals surface area contributed by atoms with Crippen molar-refractivity contribution in [2.24, 2.45) is 0 Å². The number of piperidine rings is 1. The first-order valence-corrected chi connectivity index (χ1v) is 7.75. The molecule has 6 nitrogen and oxygen atoms in total. The molecule has 1 amide bonds. The van der Waals surface area contributed by atoms with E-state index in [0.29, 0.717) is 12.1 Å². The first-order valence-electron chi connectivity index (χ1n) is 7.75. The summed E-state index contributed by atoms with van der Waals surface area (Å²) >= 11 is 0. The summed E-state index contributed by atoms with van der Waals surface area (Å²) in [6, 6.07) is 5.53. The van der Waals surface area contributed by atoms with Gasteiger partial charge in [0.2, 0.25) is 0 Å². The zero-order chi connectivity index (χ0) is 15.6. The lowest BCUT2D eigenvalue weighted by atomic mass is 9.91. The van der Waals surface area contributed by atoms with Crippen molar-refractivity contribution in [2.75, 3.05) is 31.1 Å². The number of carbonyl (C=O) groups excluding carboxylic acids is 1. The minimum absolute atomic E-state index is 0.149. The first-order chi connectivity index (χ1) is 10.6. The standard InChI is InChI=1S/C16H20N4O2/c17-11-13-10-14(4-6-18-13)20-9-3-5-16(22,12-20)15(21)19-7-1-2-8-19/h4,6,10,22H,1-3,5,7-9,12H2/t16-/m0/s1. The van der Waals surface area contributed by atoms with Crippen LogP contribution in [-0.4, -0.2) is 52.7 Å². The van der Waals surface area contributed by atoms with E-state index < -0.39 is 5.60 Å². The van der Waals surface area contributed by atoms with Crippen LogP contribution in [0.15, 0.2) is 18.3 Å². The molecule has 1 aromatic heterocycles. The number of nitriles is 1. The van der Waals surface area contributed by atoms with Gasteiger partial charge < -0.3 is 14.9 Å². The number of β-amino-alcohol motifs (C(OH)–C–C–N with tert-alkyl or cyclic N) is 1. The van der Waals surface area contributed by atoms with Gasteiger partial charge in [0, 0.05) is 31.5 Å². The van der Waals surface area contributed by atoms with Gasteiger partial charge >= 0.3 is 0 Å². The maximum absolute atomic E-state index is 12.6. The molecule has 0 spiro atoms. The lowest BCUT2D eigenvalue weighted by molar-refractivity contribution is -0.151. The first kappa shape index (κ1) is 14.8. The van der Waals surface area contributed by atoms with Crippen LogP contribution in [0.2, 0.25) is 0 Å². The molecule has 2 fully saturated rings. The van der Waals surface area contributed by atoms with E-state index in [1.807, 2.05) is 17.0 Å². The van der Waals surface area contributed by atoms with Gasteiger partial charge in [0.15, 0.2) is 5.60 Å². The second-order valence-corrected chi connectivity index (χ2v) is 6.07. The molecule has 3 rings (SSSR count). The predicted octanol–water partition coefficient (Wildman–Crippen LogP) is 0.907. The van der Waals surface area contributed by atoms with Crippen molar-refractivity contribution in [3.05, 3.63) is 24.0 Å². The second-order valence-electron chi connectivity index (χ2n) is 6.07. The molecule has 22 heavy (non-hydrogen) atoms. The van der Waals surface area contributed by atoms with Crippen molar-refractivity contribution in [1.29, 1.82) is 5.26 Å². The lowest BCUT2D eigenvalue weighted by Gasteiger charge is -2.41. The van der Waals surface area contributed by atoms with E-state index >= 15 is 0 Å². The number of aliphatic hydroxyl groups is 1. The quantitative estimate of drug-likeness (QED) is 0.878. The molecule has 0 radical (unpaired) electrons. The van der Waals surface area contributed by atoms with Gasteiger partial charge in [-0.05, 0) is 37.8 Å². The fourth-order valence-corrected chi connectivity index (χ4v) is 3.32. The Bertz CT molecular complexity index is 606. The third kappa shape index (κ3) is 2.77. The molecule has 0 aliphatic carbocycles. The van der Waals surface area contributed by atoms with Gasteiger partial charge in [0.1, 0.15) is 11.8 Å². The summed E-state index contributed by atoms with van der Waals surface area (Å²) in [5.41, 5.74) is -0.144. The predicted molar refractivity (Wildman–Crippen MR) is 81.2 cm³/mol. The molecular weight excluding hydrogens is 280 g/mol. The Kier molecular flexibility index (Phi) is 3.99. The molecule has 0 saturated carbocycles. The molecule has 0 aromatic carbocycles. The van der Waals surface area contributed by atoms with E-state index in [1.165, 1.54) is 0 Å². The number of rotatable bonds is 2. The molecule has 1 N–H and O–H groups in total. The van der Waals surface area contributed by atoms with Crippen LogP contribution in [0.4, 0.5) is 5.69 Å². The number of anilines is 1. The molecule has 2 aliphatic rings. The molecule has 3 heterocycles. The average molecular weight is 300 g/mol. The van der Waals surface area contributed by atoms with Crippen LogP contribution < -0.4 is 4.90 Å². The summed E-state index contributed by atoms with van der Waals surface area (Å²) in [5, 5.41) is 19.8. The molecule has 2 aliphatic heterocycles. The molecular formula is C16H20N4O2. The fourth-order valence-electron chi connectivity index (χ4n) is 3.32. The minimum Gasteiger partial charge on any atom is -0.378 e. The Morgan fingerprint density at radius 2 is 2.09 bits per heavy atom. The van der Waals surface area contributed by atoms with Gasteiger partial charge in [-0.2, -0.15) is 5.26 Å². The van der Waals surface area contributed by atoms with Crippen LogP contribution in [-0.2, 0) is 4.79 Å². The summed E-state index contributed by atoms with van der Waals surface area (Å²) in [4.78, 5) is 20.3. The highest BCUT2D eigenvalue weighted by atomic mass is 16.3. The number of hydrogen-bond acceptors (Lipinski definition) is 5. The molecule has 0 bridgehead atoms. The number of carbonyl (C=O) groups is 1. The Morgan fingerprint density at radius 1 is 1.32 bits per heavy atom. The van der Waals surface area contributed by atoms with Gasteiger partial charge in [0.25, 0.3) is 5.91 Å². The van der Waals surface area contributed by atoms with E-state index in [2.05, 4.69) is 4.98 Å². The van der Waals surface area contributed by atoms with Crippen molar-refractivity contribution in [2.45, 2.75) is 31.3 Å².